The van der Waals surface area contributed by atoms with Crippen molar-refractivity contribution >= 4 is 17.7 Å². The summed E-state index contributed by atoms with van der Waals surface area (Å²) in [5.41, 5.74) is 6.53. The summed E-state index contributed by atoms with van der Waals surface area (Å²) in [5, 5.41) is 7.11. The van der Waals surface area contributed by atoms with Gasteiger partial charge in [0.25, 0.3) is 17.7 Å². The standard InChI is InChI=1S/C22H29FN6O3/c1-22(2,3)17-13-16(27(4)26-17)21(32)29-12-11-28(19(29)18(30)25-10-9-24)20(31)14-5-7-15(23)8-6-14/h5-8,13,19H,9-12,24H2,1-4H3,(H,25,30). The van der Waals surface area contributed by atoms with Crippen LogP contribution in [0.1, 0.15) is 47.3 Å². The molecule has 0 spiro atoms. The molecule has 1 aliphatic rings. The molecule has 1 fully saturated rings. The third kappa shape index (κ3) is 4.64. The predicted octanol–water partition coefficient (Wildman–Crippen LogP) is 0.856. The number of nitrogens with two attached hydrogens (primary N) is 1. The van der Waals surface area contributed by atoms with E-state index in [0.717, 1.165) is 5.69 Å². The van der Waals surface area contributed by atoms with Crippen molar-refractivity contribution in [2.75, 3.05) is 26.2 Å². The molecule has 1 unspecified atom stereocenters. The van der Waals surface area contributed by atoms with Gasteiger partial charge in [-0.3, -0.25) is 19.1 Å². The van der Waals surface area contributed by atoms with Gasteiger partial charge in [0, 0.05) is 44.2 Å². The van der Waals surface area contributed by atoms with Crippen LogP contribution in [-0.4, -0.2) is 69.6 Å². The van der Waals surface area contributed by atoms with Gasteiger partial charge in [0.2, 0.25) is 0 Å². The van der Waals surface area contributed by atoms with Crippen molar-refractivity contribution in [1.82, 2.24) is 24.9 Å². The van der Waals surface area contributed by atoms with Crippen molar-refractivity contribution in [2.45, 2.75) is 32.4 Å². The van der Waals surface area contributed by atoms with Gasteiger partial charge >= 0.3 is 0 Å². The fourth-order valence-corrected chi connectivity index (χ4v) is 3.56. The van der Waals surface area contributed by atoms with Crippen molar-refractivity contribution in [2.24, 2.45) is 12.8 Å². The molecule has 3 N–H and O–H groups in total. The molecule has 2 aromatic rings. The van der Waals surface area contributed by atoms with Crippen LogP contribution in [0.2, 0.25) is 0 Å². The summed E-state index contributed by atoms with van der Waals surface area (Å²) >= 11 is 0. The number of nitrogens with one attached hydrogen (secondary N) is 1. The minimum absolute atomic E-state index is 0.159. The molecular weight excluding hydrogens is 415 g/mol. The number of aryl methyl sites for hydroxylation is 1. The molecule has 2 heterocycles. The van der Waals surface area contributed by atoms with Gasteiger partial charge in [-0.15, -0.1) is 0 Å². The monoisotopic (exact) mass is 444 g/mol. The second kappa shape index (κ2) is 9.07. The summed E-state index contributed by atoms with van der Waals surface area (Å²) in [6.45, 7) is 6.72. The maximum Gasteiger partial charge on any atom is 0.274 e. The van der Waals surface area contributed by atoms with Crippen LogP contribution in [0.4, 0.5) is 4.39 Å². The molecule has 1 atom stereocenters. The van der Waals surface area contributed by atoms with Gasteiger partial charge in [0.15, 0.2) is 6.17 Å². The second-order valence-electron chi connectivity index (χ2n) is 8.75. The molecule has 0 aliphatic carbocycles. The molecule has 1 aliphatic heterocycles. The third-order valence-corrected chi connectivity index (χ3v) is 5.33. The topological polar surface area (TPSA) is 114 Å². The van der Waals surface area contributed by atoms with Crippen LogP contribution in [0.15, 0.2) is 30.3 Å². The first kappa shape index (κ1) is 23.4. The molecule has 9 nitrogen and oxygen atoms in total. The highest BCUT2D eigenvalue weighted by atomic mass is 19.1. The Morgan fingerprint density at radius 2 is 1.72 bits per heavy atom. The summed E-state index contributed by atoms with van der Waals surface area (Å²) in [6, 6.07) is 6.78. The van der Waals surface area contributed by atoms with Crippen LogP contribution in [0.25, 0.3) is 0 Å². The number of amides is 3. The van der Waals surface area contributed by atoms with E-state index in [0.29, 0.717) is 5.69 Å². The number of nitrogens with zero attached hydrogens (tertiary/aromatic N) is 4. The normalized spacial score (nSPS) is 16.4. The van der Waals surface area contributed by atoms with Gasteiger partial charge in [-0.2, -0.15) is 5.10 Å². The number of halogens is 1. The molecule has 1 saturated heterocycles. The largest absolute Gasteiger partial charge is 0.351 e. The quantitative estimate of drug-likeness (QED) is 0.710. The summed E-state index contributed by atoms with van der Waals surface area (Å²) < 4.78 is 14.8. The van der Waals surface area contributed by atoms with Crippen molar-refractivity contribution in [3.05, 3.63) is 53.1 Å². The van der Waals surface area contributed by atoms with Crippen molar-refractivity contribution in [3.63, 3.8) is 0 Å². The maximum atomic E-state index is 13.4. The van der Waals surface area contributed by atoms with Crippen LogP contribution < -0.4 is 11.1 Å². The Balaban J connectivity index is 1.93. The van der Waals surface area contributed by atoms with Crippen LogP contribution in [0.5, 0.6) is 0 Å². The average Bonchev–Trinajstić information content (AvgIpc) is 3.35. The van der Waals surface area contributed by atoms with Gasteiger partial charge in [-0.05, 0) is 30.3 Å². The Morgan fingerprint density at radius 3 is 2.25 bits per heavy atom. The van der Waals surface area contributed by atoms with Gasteiger partial charge in [0.05, 0.1) is 5.69 Å². The molecule has 1 aromatic carbocycles. The minimum Gasteiger partial charge on any atom is -0.351 e. The lowest BCUT2D eigenvalue weighted by Crippen LogP contribution is -2.54. The lowest BCUT2D eigenvalue weighted by atomic mass is 9.92. The van der Waals surface area contributed by atoms with E-state index >= 15 is 0 Å². The minimum atomic E-state index is -1.15. The van der Waals surface area contributed by atoms with E-state index < -0.39 is 29.7 Å². The zero-order chi connectivity index (χ0) is 23.6. The van der Waals surface area contributed by atoms with Crippen LogP contribution in [-0.2, 0) is 17.3 Å². The number of carbonyl (C=O) groups excluding carboxylic acids is 3. The molecule has 0 radical (unpaired) electrons. The van der Waals surface area contributed by atoms with E-state index in [9.17, 15) is 18.8 Å². The molecule has 1 aromatic heterocycles. The Bertz CT molecular complexity index is 1010. The van der Waals surface area contributed by atoms with Crippen LogP contribution >= 0.6 is 0 Å². The van der Waals surface area contributed by atoms with E-state index in [-0.39, 0.29) is 37.2 Å². The SMILES string of the molecule is Cn1nc(C(C)(C)C)cc1C(=O)N1CCN(C(=O)c2ccc(F)cc2)C1C(=O)NCCN. The number of carbonyl (C=O) groups is 3. The van der Waals surface area contributed by atoms with E-state index in [1.807, 2.05) is 20.8 Å². The van der Waals surface area contributed by atoms with Gasteiger partial charge in [-0.25, -0.2) is 4.39 Å². The molecule has 0 saturated carbocycles. The molecule has 3 rings (SSSR count). The van der Waals surface area contributed by atoms with E-state index in [1.165, 1.54) is 38.7 Å². The molecule has 0 bridgehead atoms. The predicted molar refractivity (Wildman–Crippen MR) is 116 cm³/mol. The average molecular weight is 445 g/mol. The summed E-state index contributed by atoms with van der Waals surface area (Å²) in [4.78, 5) is 42.2. The Labute approximate surface area is 186 Å². The number of aromatic nitrogens is 2. The van der Waals surface area contributed by atoms with Crippen LogP contribution in [0.3, 0.4) is 0 Å². The third-order valence-electron chi connectivity index (χ3n) is 5.33. The lowest BCUT2D eigenvalue weighted by Gasteiger charge is -2.29. The second-order valence-corrected chi connectivity index (χ2v) is 8.75. The van der Waals surface area contributed by atoms with Gasteiger partial charge < -0.3 is 20.9 Å². The number of hydrogen-bond donors (Lipinski definition) is 2. The summed E-state index contributed by atoms with van der Waals surface area (Å²) in [5.74, 6) is -1.84. The molecule has 172 valence electrons. The number of hydrogen-bond acceptors (Lipinski definition) is 5. The highest BCUT2D eigenvalue weighted by Crippen LogP contribution is 2.25. The lowest BCUT2D eigenvalue weighted by molar-refractivity contribution is -0.128. The molecule has 32 heavy (non-hydrogen) atoms. The van der Waals surface area contributed by atoms with Crippen molar-refractivity contribution in [1.29, 1.82) is 0 Å². The smallest absolute Gasteiger partial charge is 0.274 e. The van der Waals surface area contributed by atoms with E-state index in [4.69, 9.17) is 5.73 Å². The first-order valence-electron chi connectivity index (χ1n) is 10.4. The highest BCUT2D eigenvalue weighted by Gasteiger charge is 2.43. The Kier molecular flexibility index (Phi) is 6.63. The van der Waals surface area contributed by atoms with Gasteiger partial charge in [0.1, 0.15) is 11.5 Å². The van der Waals surface area contributed by atoms with Crippen molar-refractivity contribution < 1.29 is 18.8 Å². The summed E-state index contributed by atoms with van der Waals surface area (Å²) in [6.07, 6.45) is -1.15. The maximum absolute atomic E-state index is 13.4. The number of rotatable bonds is 5. The van der Waals surface area contributed by atoms with E-state index in [1.54, 1.807) is 13.1 Å². The fraction of sp³-hybridized carbons (Fsp3) is 0.455. The van der Waals surface area contributed by atoms with Crippen LogP contribution in [0, 0.1) is 5.82 Å². The van der Waals surface area contributed by atoms with Gasteiger partial charge in [-0.1, -0.05) is 20.8 Å². The zero-order valence-corrected chi connectivity index (χ0v) is 18.8. The highest BCUT2D eigenvalue weighted by molar-refractivity contribution is 6.01. The zero-order valence-electron chi connectivity index (χ0n) is 18.8. The first-order valence-corrected chi connectivity index (χ1v) is 10.4. The molecule has 10 heteroatoms. The Hall–Kier alpha value is -3.27. The van der Waals surface area contributed by atoms with E-state index in [2.05, 4.69) is 10.4 Å². The number of benzene rings is 1. The molecule has 3 amide bonds. The summed E-state index contributed by atoms with van der Waals surface area (Å²) in [7, 11) is 1.67. The molecular formula is C22H29FN6O3. The Morgan fingerprint density at radius 1 is 1.12 bits per heavy atom. The fourth-order valence-electron chi connectivity index (χ4n) is 3.56. The van der Waals surface area contributed by atoms with Crippen molar-refractivity contribution in [3.8, 4) is 0 Å². The first-order chi connectivity index (χ1) is 15.0.